The minimum absolute atomic E-state index is 0.00518. The van der Waals surface area contributed by atoms with Gasteiger partial charge in [-0.3, -0.25) is 14.4 Å². The first-order chi connectivity index (χ1) is 9.53. The van der Waals surface area contributed by atoms with Crippen LogP contribution >= 0.6 is 0 Å². The topological polar surface area (TPSA) is 69.7 Å². The van der Waals surface area contributed by atoms with Crippen molar-refractivity contribution in [2.75, 3.05) is 14.2 Å². The quantitative estimate of drug-likeness (QED) is 0.407. The zero-order chi connectivity index (χ0) is 15.2. The van der Waals surface area contributed by atoms with Crippen LogP contribution in [-0.4, -0.2) is 31.9 Å². The normalized spacial score (nSPS) is 22.1. The Morgan fingerprint density at radius 1 is 1.20 bits per heavy atom. The van der Waals surface area contributed by atoms with Crippen molar-refractivity contribution in [1.29, 1.82) is 0 Å². The molecule has 1 fully saturated rings. The second-order valence-electron chi connectivity index (χ2n) is 5.37. The number of carbonyl (C=O) groups is 3. The molecule has 1 atom stereocenters. The summed E-state index contributed by atoms with van der Waals surface area (Å²) < 4.78 is 9.47. The average molecular weight is 284 g/mol. The summed E-state index contributed by atoms with van der Waals surface area (Å²) >= 11 is 0. The van der Waals surface area contributed by atoms with Crippen LogP contribution in [0.25, 0.3) is 0 Å². The Kier molecular flexibility index (Phi) is 6.17. The summed E-state index contributed by atoms with van der Waals surface area (Å²) in [5.41, 5.74) is -0.921. The number of rotatable bonds is 7. The van der Waals surface area contributed by atoms with E-state index in [4.69, 9.17) is 9.47 Å². The van der Waals surface area contributed by atoms with Gasteiger partial charge < -0.3 is 9.47 Å². The molecule has 0 N–H and O–H groups in total. The van der Waals surface area contributed by atoms with Crippen LogP contribution in [0, 0.1) is 11.3 Å². The Labute approximate surface area is 120 Å². The molecule has 0 amide bonds. The van der Waals surface area contributed by atoms with Crippen molar-refractivity contribution in [1.82, 2.24) is 0 Å². The largest absolute Gasteiger partial charge is 0.468 e. The highest BCUT2D eigenvalue weighted by molar-refractivity contribution is 6.03. The lowest BCUT2D eigenvalue weighted by Crippen LogP contribution is -2.45. The maximum atomic E-state index is 12.4. The van der Waals surface area contributed by atoms with E-state index < -0.39 is 23.3 Å². The van der Waals surface area contributed by atoms with Crippen LogP contribution in [0.3, 0.4) is 0 Å². The molecule has 114 valence electrons. The zero-order valence-corrected chi connectivity index (χ0v) is 12.6. The molecule has 0 saturated heterocycles. The highest BCUT2D eigenvalue weighted by Crippen LogP contribution is 2.46. The fourth-order valence-corrected chi connectivity index (χ4v) is 3.14. The molecule has 5 nitrogen and oxygen atoms in total. The van der Waals surface area contributed by atoms with Crippen molar-refractivity contribution >= 4 is 17.7 Å². The predicted octanol–water partition coefficient (Wildman–Crippen LogP) is 2.27. The van der Waals surface area contributed by atoms with E-state index in [0.717, 1.165) is 25.7 Å². The van der Waals surface area contributed by atoms with E-state index in [0.29, 0.717) is 19.3 Å². The van der Waals surface area contributed by atoms with Crippen LogP contribution in [0.5, 0.6) is 0 Å². The summed E-state index contributed by atoms with van der Waals surface area (Å²) in [5.74, 6) is -2.45. The van der Waals surface area contributed by atoms with Gasteiger partial charge in [0.15, 0.2) is 5.92 Å². The Hall–Kier alpha value is -1.39. The number of esters is 2. The SMILES string of the molecule is CCCCCC1(C(C(=O)OC)C(=O)OC)CCCC1=O. The van der Waals surface area contributed by atoms with Gasteiger partial charge in [-0.05, 0) is 19.3 Å². The molecular formula is C15H24O5. The van der Waals surface area contributed by atoms with Gasteiger partial charge >= 0.3 is 11.9 Å². The van der Waals surface area contributed by atoms with E-state index in [9.17, 15) is 14.4 Å². The summed E-state index contributed by atoms with van der Waals surface area (Å²) in [7, 11) is 2.47. The molecule has 20 heavy (non-hydrogen) atoms. The Balaban J connectivity index is 3.07. The minimum Gasteiger partial charge on any atom is -0.468 e. The number of hydrogen-bond acceptors (Lipinski definition) is 5. The fourth-order valence-electron chi connectivity index (χ4n) is 3.14. The lowest BCUT2D eigenvalue weighted by molar-refractivity contribution is -0.168. The van der Waals surface area contributed by atoms with Gasteiger partial charge in [-0.2, -0.15) is 0 Å². The van der Waals surface area contributed by atoms with Crippen LogP contribution in [-0.2, 0) is 23.9 Å². The van der Waals surface area contributed by atoms with Crippen molar-refractivity contribution < 1.29 is 23.9 Å². The maximum absolute atomic E-state index is 12.4. The summed E-state index contributed by atoms with van der Waals surface area (Å²) in [6, 6.07) is 0. The van der Waals surface area contributed by atoms with E-state index in [-0.39, 0.29) is 5.78 Å². The molecule has 1 aliphatic rings. The standard InChI is InChI=1S/C15H24O5/c1-4-5-6-9-15(10-7-8-11(15)16)12(13(17)19-2)14(18)20-3/h12H,4-10H2,1-3H3. The molecule has 1 saturated carbocycles. The van der Waals surface area contributed by atoms with Gasteiger partial charge in [0, 0.05) is 6.42 Å². The Bertz CT molecular complexity index is 360. The average Bonchev–Trinajstić information content (AvgIpc) is 2.81. The minimum atomic E-state index is -1.12. The lowest BCUT2D eigenvalue weighted by atomic mass is 9.69. The Morgan fingerprint density at radius 3 is 2.20 bits per heavy atom. The van der Waals surface area contributed by atoms with Crippen LogP contribution in [0.1, 0.15) is 51.9 Å². The lowest BCUT2D eigenvalue weighted by Gasteiger charge is -2.32. The number of methoxy groups -OCH3 is 2. The summed E-state index contributed by atoms with van der Waals surface area (Å²) in [5, 5.41) is 0. The van der Waals surface area contributed by atoms with Gasteiger partial charge in [0.2, 0.25) is 0 Å². The van der Waals surface area contributed by atoms with Crippen LogP contribution in [0.15, 0.2) is 0 Å². The van der Waals surface area contributed by atoms with Crippen LogP contribution in [0.2, 0.25) is 0 Å². The summed E-state index contributed by atoms with van der Waals surface area (Å²) in [4.78, 5) is 36.4. The highest BCUT2D eigenvalue weighted by Gasteiger charge is 2.55. The molecule has 1 unspecified atom stereocenters. The first-order valence-corrected chi connectivity index (χ1v) is 7.22. The summed E-state index contributed by atoms with van der Waals surface area (Å²) in [6.45, 7) is 2.07. The third-order valence-corrected chi connectivity index (χ3v) is 4.23. The number of ether oxygens (including phenoxy) is 2. The van der Waals surface area contributed by atoms with E-state index in [1.807, 2.05) is 0 Å². The smallest absolute Gasteiger partial charge is 0.321 e. The fraction of sp³-hybridized carbons (Fsp3) is 0.800. The monoisotopic (exact) mass is 284 g/mol. The third kappa shape index (κ3) is 3.19. The van der Waals surface area contributed by atoms with Crippen molar-refractivity contribution in [2.45, 2.75) is 51.9 Å². The molecule has 0 bridgehead atoms. The highest BCUT2D eigenvalue weighted by atomic mass is 16.5. The third-order valence-electron chi connectivity index (χ3n) is 4.23. The van der Waals surface area contributed by atoms with Crippen molar-refractivity contribution in [2.24, 2.45) is 11.3 Å². The molecule has 0 radical (unpaired) electrons. The van der Waals surface area contributed by atoms with Gasteiger partial charge in [0.25, 0.3) is 0 Å². The van der Waals surface area contributed by atoms with Crippen molar-refractivity contribution in [3.8, 4) is 0 Å². The number of ketones is 1. The molecule has 5 heteroatoms. The molecule has 0 aliphatic heterocycles. The molecule has 0 aromatic rings. The molecule has 1 aliphatic carbocycles. The zero-order valence-electron chi connectivity index (χ0n) is 12.6. The summed E-state index contributed by atoms with van der Waals surface area (Å²) in [6.07, 6.45) is 5.08. The molecule has 0 aromatic heterocycles. The predicted molar refractivity (Wildman–Crippen MR) is 73.0 cm³/mol. The first kappa shape index (κ1) is 16.7. The maximum Gasteiger partial charge on any atom is 0.321 e. The number of hydrogen-bond donors (Lipinski definition) is 0. The van der Waals surface area contributed by atoms with Gasteiger partial charge in [-0.25, -0.2) is 0 Å². The number of unbranched alkanes of at least 4 members (excludes halogenated alkanes) is 2. The van der Waals surface area contributed by atoms with Gasteiger partial charge in [0.1, 0.15) is 5.78 Å². The van der Waals surface area contributed by atoms with Crippen molar-refractivity contribution in [3.63, 3.8) is 0 Å². The van der Waals surface area contributed by atoms with E-state index in [1.54, 1.807) is 0 Å². The van der Waals surface area contributed by atoms with Gasteiger partial charge in [-0.1, -0.05) is 26.2 Å². The number of Topliss-reactive ketones (excluding diaryl/α,β-unsaturated/α-hetero) is 1. The molecule has 0 aromatic carbocycles. The van der Waals surface area contributed by atoms with E-state index >= 15 is 0 Å². The molecule has 0 heterocycles. The second-order valence-corrected chi connectivity index (χ2v) is 5.37. The molecule has 1 rings (SSSR count). The van der Waals surface area contributed by atoms with E-state index in [2.05, 4.69) is 6.92 Å². The van der Waals surface area contributed by atoms with Crippen LogP contribution < -0.4 is 0 Å². The van der Waals surface area contributed by atoms with E-state index in [1.165, 1.54) is 14.2 Å². The van der Waals surface area contributed by atoms with Gasteiger partial charge in [0.05, 0.1) is 19.6 Å². The molecular weight excluding hydrogens is 260 g/mol. The number of carbonyl (C=O) groups excluding carboxylic acids is 3. The second kappa shape index (κ2) is 7.41. The Morgan fingerprint density at radius 2 is 1.80 bits per heavy atom. The van der Waals surface area contributed by atoms with Crippen LogP contribution in [0.4, 0.5) is 0 Å². The van der Waals surface area contributed by atoms with Crippen molar-refractivity contribution in [3.05, 3.63) is 0 Å². The molecule has 0 spiro atoms. The van der Waals surface area contributed by atoms with Gasteiger partial charge in [-0.15, -0.1) is 0 Å². The first-order valence-electron chi connectivity index (χ1n) is 7.22.